The minimum absolute atomic E-state index is 0.0977. The van der Waals surface area contributed by atoms with E-state index in [1.807, 2.05) is 19.2 Å². The van der Waals surface area contributed by atoms with E-state index in [9.17, 15) is 22.8 Å². The second kappa shape index (κ2) is 10.2. The van der Waals surface area contributed by atoms with E-state index in [0.29, 0.717) is 12.7 Å². The summed E-state index contributed by atoms with van der Waals surface area (Å²) in [5.41, 5.74) is -0.454. The molecule has 0 saturated heterocycles. The Labute approximate surface area is 176 Å². The van der Waals surface area contributed by atoms with Gasteiger partial charge in [-0.3, -0.25) is 9.59 Å². The molecule has 2 aromatic carbocycles. The van der Waals surface area contributed by atoms with Gasteiger partial charge in [0.05, 0.1) is 31.0 Å². The summed E-state index contributed by atoms with van der Waals surface area (Å²) in [7, 11) is 1.39. The standard InChI is InChI=1S/C20H20ClF3N2O4/c1-10(2)9-30-19-12(21)6-11(7-15(19)29-3)20(28)25-8-16(27)26-14-5-4-13(22)17(23)18(14)24/h4-7,10H,8-9H2,1-3H3,(H,25,28)(H,26,27). The molecule has 0 atom stereocenters. The minimum Gasteiger partial charge on any atom is -0.493 e. The number of halogens is 4. The van der Waals surface area contributed by atoms with E-state index in [1.165, 1.54) is 19.2 Å². The maximum Gasteiger partial charge on any atom is 0.251 e. The Kier molecular flexibility index (Phi) is 7.93. The summed E-state index contributed by atoms with van der Waals surface area (Å²) in [5.74, 6) is -5.37. The summed E-state index contributed by atoms with van der Waals surface area (Å²) in [6.45, 7) is 3.75. The molecule has 0 radical (unpaired) electrons. The van der Waals surface area contributed by atoms with Crippen LogP contribution in [0.2, 0.25) is 5.02 Å². The molecule has 0 spiro atoms. The summed E-state index contributed by atoms with van der Waals surface area (Å²) in [5, 5.41) is 4.51. The lowest BCUT2D eigenvalue weighted by atomic mass is 10.1. The van der Waals surface area contributed by atoms with E-state index in [0.717, 1.165) is 6.07 Å². The number of carbonyl (C=O) groups excluding carboxylic acids is 2. The fourth-order valence-corrected chi connectivity index (χ4v) is 2.59. The molecule has 0 aliphatic heterocycles. The van der Waals surface area contributed by atoms with Crippen molar-refractivity contribution in [3.05, 3.63) is 52.3 Å². The first-order chi connectivity index (χ1) is 14.1. The highest BCUT2D eigenvalue weighted by molar-refractivity contribution is 6.32. The molecule has 0 aliphatic carbocycles. The Balaban J connectivity index is 2.04. The van der Waals surface area contributed by atoms with E-state index in [-0.39, 0.29) is 28.0 Å². The largest absolute Gasteiger partial charge is 0.493 e. The molecule has 0 unspecified atom stereocenters. The van der Waals surface area contributed by atoms with Gasteiger partial charge in [0.15, 0.2) is 29.0 Å². The molecule has 30 heavy (non-hydrogen) atoms. The lowest BCUT2D eigenvalue weighted by Crippen LogP contribution is -2.33. The van der Waals surface area contributed by atoms with Crippen molar-refractivity contribution < 1.29 is 32.2 Å². The minimum atomic E-state index is -1.71. The van der Waals surface area contributed by atoms with Crippen molar-refractivity contribution >= 4 is 29.1 Å². The second-order valence-electron chi connectivity index (χ2n) is 6.65. The molecule has 2 amide bonds. The van der Waals surface area contributed by atoms with Crippen molar-refractivity contribution in [2.24, 2.45) is 5.92 Å². The zero-order valence-electron chi connectivity index (χ0n) is 16.4. The van der Waals surface area contributed by atoms with Crippen LogP contribution in [0.3, 0.4) is 0 Å². The second-order valence-corrected chi connectivity index (χ2v) is 7.06. The summed E-state index contributed by atoms with van der Waals surface area (Å²) < 4.78 is 50.6. The predicted octanol–water partition coefficient (Wildman–Crippen LogP) is 4.17. The number of carbonyl (C=O) groups is 2. The van der Waals surface area contributed by atoms with Gasteiger partial charge < -0.3 is 20.1 Å². The topological polar surface area (TPSA) is 76.7 Å². The van der Waals surface area contributed by atoms with Gasteiger partial charge in [-0.05, 0) is 30.2 Å². The third kappa shape index (κ3) is 5.79. The van der Waals surface area contributed by atoms with Crippen LogP contribution in [0.25, 0.3) is 0 Å². The fraction of sp³-hybridized carbons (Fsp3) is 0.300. The van der Waals surface area contributed by atoms with E-state index in [4.69, 9.17) is 21.1 Å². The third-order valence-electron chi connectivity index (χ3n) is 3.77. The van der Waals surface area contributed by atoms with Crippen molar-refractivity contribution in [2.45, 2.75) is 13.8 Å². The average molecular weight is 445 g/mol. The first kappa shape index (κ1) is 23.3. The molecular weight excluding hydrogens is 425 g/mol. The molecule has 6 nitrogen and oxygen atoms in total. The normalized spacial score (nSPS) is 10.7. The predicted molar refractivity (Wildman–Crippen MR) is 106 cm³/mol. The van der Waals surface area contributed by atoms with Crippen LogP contribution in [0.4, 0.5) is 18.9 Å². The van der Waals surface area contributed by atoms with E-state index < -0.39 is 41.5 Å². The highest BCUT2D eigenvalue weighted by Crippen LogP contribution is 2.36. The SMILES string of the molecule is COc1cc(C(=O)NCC(=O)Nc2ccc(F)c(F)c2F)cc(Cl)c1OCC(C)C. The Morgan fingerprint density at radius 1 is 1.13 bits per heavy atom. The number of nitrogens with one attached hydrogen (secondary N) is 2. The first-order valence-electron chi connectivity index (χ1n) is 8.85. The third-order valence-corrected chi connectivity index (χ3v) is 4.05. The van der Waals surface area contributed by atoms with E-state index in [1.54, 1.807) is 0 Å². The van der Waals surface area contributed by atoms with Crippen LogP contribution in [-0.4, -0.2) is 32.1 Å². The Morgan fingerprint density at radius 2 is 1.83 bits per heavy atom. The van der Waals surface area contributed by atoms with Crippen LogP contribution in [0.15, 0.2) is 24.3 Å². The summed E-state index contributed by atoms with van der Waals surface area (Å²) in [6, 6.07) is 4.28. The average Bonchev–Trinajstić information content (AvgIpc) is 2.70. The zero-order chi connectivity index (χ0) is 22.4. The van der Waals surface area contributed by atoms with Gasteiger partial charge in [-0.2, -0.15) is 0 Å². The molecule has 2 aromatic rings. The number of hydrogen-bond acceptors (Lipinski definition) is 4. The van der Waals surface area contributed by atoms with Gasteiger partial charge in [0, 0.05) is 5.56 Å². The number of methoxy groups -OCH3 is 1. The Morgan fingerprint density at radius 3 is 2.47 bits per heavy atom. The van der Waals surface area contributed by atoms with Crippen LogP contribution in [0.1, 0.15) is 24.2 Å². The molecule has 0 aliphatic rings. The lowest BCUT2D eigenvalue weighted by Gasteiger charge is -2.15. The highest BCUT2D eigenvalue weighted by atomic mass is 35.5. The number of amides is 2. The van der Waals surface area contributed by atoms with Gasteiger partial charge in [-0.1, -0.05) is 25.4 Å². The maximum atomic E-state index is 13.6. The van der Waals surface area contributed by atoms with Crippen molar-refractivity contribution in [3.8, 4) is 11.5 Å². The number of ether oxygens (including phenoxy) is 2. The first-order valence-corrected chi connectivity index (χ1v) is 9.23. The van der Waals surface area contributed by atoms with E-state index in [2.05, 4.69) is 5.32 Å². The van der Waals surface area contributed by atoms with Crippen LogP contribution < -0.4 is 20.1 Å². The quantitative estimate of drug-likeness (QED) is 0.599. The molecule has 2 rings (SSSR count). The molecule has 2 N–H and O–H groups in total. The number of rotatable bonds is 8. The molecule has 0 bridgehead atoms. The number of benzene rings is 2. The van der Waals surface area contributed by atoms with Crippen molar-refractivity contribution in [1.82, 2.24) is 5.32 Å². The molecule has 162 valence electrons. The van der Waals surface area contributed by atoms with E-state index >= 15 is 0 Å². The molecule has 0 heterocycles. The van der Waals surface area contributed by atoms with Gasteiger partial charge in [0.25, 0.3) is 5.91 Å². The van der Waals surface area contributed by atoms with Crippen LogP contribution in [0, 0.1) is 23.4 Å². The Hall–Kier alpha value is -2.94. The van der Waals surface area contributed by atoms with Crippen LogP contribution in [-0.2, 0) is 4.79 Å². The van der Waals surface area contributed by atoms with Crippen molar-refractivity contribution in [1.29, 1.82) is 0 Å². The fourth-order valence-electron chi connectivity index (χ4n) is 2.32. The number of anilines is 1. The molecule has 0 saturated carbocycles. The molecular formula is C20H20ClF3N2O4. The summed E-state index contributed by atoms with van der Waals surface area (Å²) in [4.78, 5) is 24.2. The van der Waals surface area contributed by atoms with Crippen molar-refractivity contribution in [3.63, 3.8) is 0 Å². The lowest BCUT2D eigenvalue weighted by molar-refractivity contribution is -0.115. The summed E-state index contributed by atoms with van der Waals surface area (Å²) in [6.07, 6.45) is 0. The molecule has 0 fully saturated rings. The monoisotopic (exact) mass is 444 g/mol. The van der Waals surface area contributed by atoms with Crippen LogP contribution >= 0.6 is 11.6 Å². The summed E-state index contributed by atoms with van der Waals surface area (Å²) >= 11 is 6.18. The molecule has 0 aromatic heterocycles. The van der Waals surface area contributed by atoms with Crippen molar-refractivity contribution in [2.75, 3.05) is 25.6 Å². The number of hydrogen-bond donors (Lipinski definition) is 2. The molecule has 10 heteroatoms. The van der Waals surface area contributed by atoms with Gasteiger partial charge in [0.1, 0.15) is 0 Å². The van der Waals surface area contributed by atoms with Gasteiger partial charge in [0.2, 0.25) is 5.91 Å². The highest BCUT2D eigenvalue weighted by Gasteiger charge is 2.18. The van der Waals surface area contributed by atoms with Gasteiger partial charge in [-0.15, -0.1) is 0 Å². The smallest absolute Gasteiger partial charge is 0.251 e. The maximum absolute atomic E-state index is 13.6. The van der Waals surface area contributed by atoms with Gasteiger partial charge >= 0.3 is 0 Å². The zero-order valence-corrected chi connectivity index (χ0v) is 17.2. The van der Waals surface area contributed by atoms with Crippen LogP contribution in [0.5, 0.6) is 11.5 Å². The Bertz CT molecular complexity index is 954. The van der Waals surface area contributed by atoms with Gasteiger partial charge in [-0.25, -0.2) is 13.2 Å².